The zero-order chi connectivity index (χ0) is 14.0. The number of nitrogen functional groups attached to an aromatic ring is 1. The number of nitrogens with zero attached hydrogens (tertiary/aromatic N) is 2. The van der Waals surface area contributed by atoms with Gasteiger partial charge in [-0.25, -0.2) is 17.5 Å². The van der Waals surface area contributed by atoms with Gasteiger partial charge in [0.1, 0.15) is 10.7 Å². The van der Waals surface area contributed by atoms with Crippen molar-refractivity contribution in [2.24, 2.45) is 7.05 Å². The van der Waals surface area contributed by atoms with E-state index in [0.29, 0.717) is 5.69 Å². The topological polar surface area (TPSA) is 90.0 Å². The number of hydrogen-bond donors (Lipinski definition) is 2. The number of benzene rings is 1. The van der Waals surface area contributed by atoms with Gasteiger partial charge in [0.15, 0.2) is 0 Å². The normalized spacial score (nSPS) is 11.7. The van der Waals surface area contributed by atoms with Crippen LogP contribution >= 0.6 is 0 Å². The molecule has 0 spiro atoms. The molecule has 0 amide bonds. The minimum Gasteiger partial charge on any atom is -0.399 e. The smallest absolute Gasteiger partial charge is 0.243 e. The van der Waals surface area contributed by atoms with E-state index in [2.05, 4.69) is 9.82 Å². The summed E-state index contributed by atoms with van der Waals surface area (Å²) in [6, 6.07) is 5.06. The summed E-state index contributed by atoms with van der Waals surface area (Å²) in [6.45, 7) is -0.0165. The van der Waals surface area contributed by atoms with Crippen LogP contribution in [0.5, 0.6) is 0 Å². The van der Waals surface area contributed by atoms with Crippen LogP contribution in [-0.2, 0) is 23.6 Å². The summed E-state index contributed by atoms with van der Waals surface area (Å²) in [7, 11) is -2.24. The van der Waals surface area contributed by atoms with Crippen molar-refractivity contribution < 1.29 is 12.8 Å². The number of halogens is 1. The van der Waals surface area contributed by atoms with Crippen molar-refractivity contribution in [2.45, 2.75) is 11.4 Å². The fraction of sp³-hybridized carbons (Fsp3) is 0.182. The average Bonchev–Trinajstić information content (AvgIpc) is 2.76. The Hall–Kier alpha value is -1.93. The van der Waals surface area contributed by atoms with Gasteiger partial charge < -0.3 is 5.73 Å². The lowest BCUT2D eigenvalue weighted by Crippen LogP contribution is -2.24. The Bertz CT molecular complexity index is 696. The molecule has 3 N–H and O–H groups in total. The lowest BCUT2D eigenvalue weighted by Gasteiger charge is -2.07. The minimum atomic E-state index is -3.96. The van der Waals surface area contributed by atoms with Gasteiger partial charge in [0.2, 0.25) is 10.0 Å². The number of nitrogens with two attached hydrogens (primary N) is 1. The van der Waals surface area contributed by atoms with Gasteiger partial charge in [-0.1, -0.05) is 0 Å². The molecule has 0 saturated heterocycles. The van der Waals surface area contributed by atoms with E-state index in [4.69, 9.17) is 5.73 Å². The van der Waals surface area contributed by atoms with E-state index in [-0.39, 0.29) is 12.2 Å². The quantitative estimate of drug-likeness (QED) is 0.805. The van der Waals surface area contributed by atoms with Gasteiger partial charge in [0, 0.05) is 18.9 Å². The first-order chi connectivity index (χ1) is 8.88. The number of aromatic nitrogens is 2. The van der Waals surface area contributed by atoms with Gasteiger partial charge in [0.05, 0.1) is 12.2 Å². The average molecular weight is 284 g/mol. The molecular weight excluding hydrogens is 271 g/mol. The van der Waals surface area contributed by atoms with Crippen LogP contribution in [-0.4, -0.2) is 18.2 Å². The van der Waals surface area contributed by atoms with Gasteiger partial charge in [-0.2, -0.15) is 5.10 Å². The van der Waals surface area contributed by atoms with Crippen LogP contribution in [0.3, 0.4) is 0 Å². The van der Waals surface area contributed by atoms with Crippen LogP contribution in [0, 0.1) is 5.82 Å². The SMILES string of the molecule is Cn1ccc(CNS(=O)(=O)c2cc(N)ccc2F)n1. The molecule has 2 rings (SSSR count). The molecular formula is C11H13FN4O2S. The maximum Gasteiger partial charge on any atom is 0.243 e. The molecule has 0 bridgehead atoms. The minimum absolute atomic E-state index is 0.0165. The first kappa shape index (κ1) is 13.5. The van der Waals surface area contributed by atoms with E-state index in [0.717, 1.165) is 12.1 Å². The predicted molar refractivity (Wildman–Crippen MR) is 68.0 cm³/mol. The molecule has 19 heavy (non-hydrogen) atoms. The number of aryl methyl sites for hydroxylation is 1. The number of anilines is 1. The van der Waals surface area contributed by atoms with E-state index in [1.807, 2.05) is 0 Å². The monoisotopic (exact) mass is 284 g/mol. The molecule has 2 aromatic rings. The van der Waals surface area contributed by atoms with Crippen molar-refractivity contribution in [3.05, 3.63) is 42.0 Å². The van der Waals surface area contributed by atoms with E-state index in [9.17, 15) is 12.8 Å². The van der Waals surface area contributed by atoms with Gasteiger partial charge >= 0.3 is 0 Å². The van der Waals surface area contributed by atoms with Crippen LogP contribution in [0.25, 0.3) is 0 Å². The number of hydrogen-bond acceptors (Lipinski definition) is 4. The second kappa shape index (κ2) is 4.98. The van der Waals surface area contributed by atoms with Crippen LogP contribution in [0.2, 0.25) is 0 Å². The number of rotatable bonds is 4. The summed E-state index contributed by atoms with van der Waals surface area (Å²) in [5, 5.41) is 4.02. The molecule has 0 aliphatic carbocycles. The lowest BCUT2D eigenvalue weighted by molar-refractivity contribution is 0.556. The molecule has 6 nitrogen and oxygen atoms in total. The fourth-order valence-electron chi connectivity index (χ4n) is 1.53. The summed E-state index contributed by atoms with van der Waals surface area (Å²) in [4.78, 5) is -0.469. The molecule has 0 saturated carbocycles. The van der Waals surface area contributed by atoms with E-state index < -0.39 is 20.7 Å². The highest BCUT2D eigenvalue weighted by atomic mass is 32.2. The molecule has 0 fully saturated rings. The van der Waals surface area contributed by atoms with E-state index in [1.54, 1.807) is 24.0 Å². The van der Waals surface area contributed by atoms with Gasteiger partial charge in [-0.3, -0.25) is 4.68 Å². The van der Waals surface area contributed by atoms with Crippen molar-refractivity contribution in [3.63, 3.8) is 0 Å². The highest BCUT2D eigenvalue weighted by Crippen LogP contribution is 2.17. The summed E-state index contributed by atoms with van der Waals surface area (Å²) in [5.74, 6) is -0.845. The molecule has 1 aromatic heterocycles. The Morgan fingerprint density at radius 2 is 2.16 bits per heavy atom. The second-order valence-corrected chi connectivity index (χ2v) is 5.73. The highest BCUT2D eigenvalue weighted by molar-refractivity contribution is 7.89. The Labute approximate surface area is 110 Å². The van der Waals surface area contributed by atoms with Crippen molar-refractivity contribution in [1.29, 1.82) is 0 Å². The van der Waals surface area contributed by atoms with Gasteiger partial charge in [0.25, 0.3) is 0 Å². The maximum atomic E-state index is 13.5. The molecule has 0 aliphatic heterocycles. The van der Waals surface area contributed by atoms with Crippen LogP contribution in [0.15, 0.2) is 35.4 Å². The predicted octanol–water partition coefficient (Wildman–Crippen LogP) is 0.620. The third-order valence-corrected chi connectivity index (χ3v) is 3.87. The van der Waals surface area contributed by atoms with Gasteiger partial charge in [-0.15, -0.1) is 0 Å². The molecule has 0 aliphatic rings. The van der Waals surface area contributed by atoms with E-state index >= 15 is 0 Å². The van der Waals surface area contributed by atoms with Crippen LogP contribution in [0.4, 0.5) is 10.1 Å². The Morgan fingerprint density at radius 3 is 2.79 bits per heavy atom. The Kier molecular flexibility index (Phi) is 3.54. The zero-order valence-electron chi connectivity index (χ0n) is 10.2. The summed E-state index contributed by atoms with van der Waals surface area (Å²) >= 11 is 0. The van der Waals surface area contributed by atoms with Crippen molar-refractivity contribution in [1.82, 2.24) is 14.5 Å². The molecule has 0 unspecified atom stereocenters. The van der Waals surface area contributed by atoms with Crippen LogP contribution in [0.1, 0.15) is 5.69 Å². The summed E-state index contributed by atoms with van der Waals surface area (Å²) in [5.41, 5.74) is 6.18. The summed E-state index contributed by atoms with van der Waals surface area (Å²) in [6.07, 6.45) is 1.69. The van der Waals surface area contributed by atoms with Crippen molar-refractivity contribution >= 4 is 15.7 Å². The second-order valence-electron chi connectivity index (χ2n) is 4.00. The van der Waals surface area contributed by atoms with Crippen molar-refractivity contribution in [3.8, 4) is 0 Å². The van der Waals surface area contributed by atoms with Crippen molar-refractivity contribution in [2.75, 3.05) is 5.73 Å². The Morgan fingerprint density at radius 1 is 1.42 bits per heavy atom. The molecule has 1 heterocycles. The largest absolute Gasteiger partial charge is 0.399 e. The third kappa shape index (κ3) is 3.09. The standard InChI is InChI=1S/C11H13FN4O2S/c1-16-5-4-9(15-16)7-14-19(17,18)11-6-8(13)2-3-10(11)12/h2-6,14H,7,13H2,1H3. The molecule has 0 radical (unpaired) electrons. The maximum absolute atomic E-state index is 13.5. The Balaban J connectivity index is 2.20. The zero-order valence-corrected chi connectivity index (χ0v) is 11.0. The fourth-order valence-corrected chi connectivity index (χ4v) is 2.64. The molecule has 102 valence electrons. The third-order valence-electron chi connectivity index (χ3n) is 2.46. The molecule has 1 aromatic carbocycles. The number of sulfonamides is 1. The van der Waals surface area contributed by atoms with Gasteiger partial charge in [-0.05, 0) is 24.3 Å². The number of nitrogens with one attached hydrogen (secondary N) is 1. The van der Waals surface area contributed by atoms with Crippen LogP contribution < -0.4 is 10.5 Å². The van der Waals surface area contributed by atoms with E-state index in [1.165, 1.54) is 6.07 Å². The molecule has 8 heteroatoms. The first-order valence-corrected chi connectivity index (χ1v) is 6.90. The highest BCUT2D eigenvalue weighted by Gasteiger charge is 2.19. The lowest BCUT2D eigenvalue weighted by atomic mass is 10.3. The molecule has 0 atom stereocenters. The summed E-state index contributed by atoms with van der Waals surface area (Å²) < 4.78 is 41.2. The first-order valence-electron chi connectivity index (χ1n) is 5.42.